The van der Waals surface area contributed by atoms with E-state index in [-0.39, 0.29) is 11.8 Å². The molecule has 0 radical (unpaired) electrons. The first-order chi connectivity index (χ1) is 15.0. The number of benzene rings is 3. The Morgan fingerprint density at radius 1 is 0.839 bits per heavy atom. The van der Waals surface area contributed by atoms with Crippen molar-refractivity contribution >= 4 is 17.5 Å². The first-order valence-corrected chi connectivity index (χ1v) is 10.0. The summed E-state index contributed by atoms with van der Waals surface area (Å²) < 4.78 is 5.12. The number of carbonyl (C=O) groups excluding carboxylic acids is 2. The lowest BCUT2D eigenvalue weighted by Gasteiger charge is -2.13. The summed E-state index contributed by atoms with van der Waals surface area (Å²) in [6.45, 7) is 1.27. The third-order valence-corrected chi connectivity index (χ3v) is 4.75. The minimum atomic E-state index is -0.292. The summed E-state index contributed by atoms with van der Waals surface area (Å²) in [5.41, 5.74) is 3.58. The molecule has 6 heteroatoms. The maximum Gasteiger partial charge on any atom is 0.255 e. The Bertz CT molecular complexity index is 1030. The normalized spacial score (nSPS) is 10.6. The zero-order valence-corrected chi connectivity index (χ0v) is 18.0. The standard InChI is InChI=1S/C25H27N3O3/c1-28(2)17-19-10-8-18(9-11-19)16-26-25(30)22-6-4-5-7-23(22)27-24(29)20-12-14-21(31-3)15-13-20/h4-15H,16-17H2,1-3H3,(H,26,30)(H,27,29). The number of para-hydroxylation sites is 1. The number of ether oxygens (including phenoxy) is 1. The Kier molecular flexibility index (Phi) is 7.40. The number of carbonyl (C=O) groups is 2. The maximum absolute atomic E-state index is 12.8. The van der Waals surface area contributed by atoms with Crippen molar-refractivity contribution in [2.75, 3.05) is 26.5 Å². The van der Waals surface area contributed by atoms with Gasteiger partial charge in [0.25, 0.3) is 11.8 Å². The molecule has 0 saturated carbocycles. The van der Waals surface area contributed by atoms with Gasteiger partial charge in [0.1, 0.15) is 5.75 Å². The van der Waals surface area contributed by atoms with E-state index in [1.165, 1.54) is 5.56 Å². The predicted molar refractivity (Wildman–Crippen MR) is 122 cm³/mol. The van der Waals surface area contributed by atoms with E-state index in [0.29, 0.717) is 29.1 Å². The van der Waals surface area contributed by atoms with Gasteiger partial charge in [0.15, 0.2) is 0 Å². The molecular weight excluding hydrogens is 390 g/mol. The molecule has 0 spiro atoms. The highest BCUT2D eigenvalue weighted by Crippen LogP contribution is 2.18. The molecule has 0 atom stereocenters. The second-order valence-electron chi connectivity index (χ2n) is 7.47. The molecular formula is C25H27N3O3. The van der Waals surface area contributed by atoms with Gasteiger partial charge in [-0.25, -0.2) is 0 Å². The van der Waals surface area contributed by atoms with Crippen molar-refractivity contribution in [2.45, 2.75) is 13.1 Å². The summed E-state index contributed by atoms with van der Waals surface area (Å²) in [5, 5.41) is 5.75. The van der Waals surface area contributed by atoms with Crippen LogP contribution in [0.1, 0.15) is 31.8 Å². The monoisotopic (exact) mass is 417 g/mol. The SMILES string of the molecule is COc1ccc(C(=O)Nc2ccccc2C(=O)NCc2ccc(CN(C)C)cc2)cc1. The third kappa shape index (κ3) is 6.17. The highest BCUT2D eigenvalue weighted by Gasteiger charge is 2.14. The first kappa shape index (κ1) is 22.1. The number of nitrogens with one attached hydrogen (secondary N) is 2. The molecule has 3 aromatic rings. The number of amides is 2. The molecule has 3 rings (SSSR count). The fraction of sp³-hybridized carbons (Fsp3) is 0.200. The van der Waals surface area contributed by atoms with E-state index in [0.717, 1.165) is 12.1 Å². The maximum atomic E-state index is 12.8. The summed E-state index contributed by atoms with van der Waals surface area (Å²) in [6, 6.07) is 21.9. The van der Waals surface area contributed by atoms with Gasteiger partial charge in [0, 0.05) is 18.7 Å². The Morgan fingerprint density at radius 2 is 1.48 bits per heavy atom. The molecule has 6 nitrogen and oxygen atoms in total. The van der Waals surface area contributed by atoms with Crippen molar-refractivity contribution in [1.29, 1.82) is 0 Å². The molecule has 0 heterocycles. The lowest BCUT2D eigenvalue weighted by atomic mass is 10.1. The molecule has 0 saturated heterocycles. The van der Waals surface area contributed by atoms with E-state index in [9.17, 15) is 9.59 Å². The van der Waals surface area contributed by atoms with Gasteiger partial charge < -0.3 is 20.3 Å². The van der Waals surface area contributed by atoms with Crippen LogP contribution >= 0.6 is 0 Å². The molecule has 0 aliphatic rings. The number of anilines is 1. The zero-order chi connectivity index (χ0) is 22.2. The fourth-order valence-corrected chi connectivity index (χ4v) is 3.13. The molecule has 31 heavy (non-hydrogen) atoms. The van der Waals surface area contributed by atoms with Crippen LogP contribution in [0.4, 0.5) is 5.69 Å². The van der Waals surface area contributed by atoms with Crippen LogP contribution in [0.5, 0.6) is 5.75 Å². The lowest BCUT2D eigenvalue weighted by Crippen LogP contribution is -2.25. The van der Waals surface area contributed by atoms with Crippen LogP contribution in [0.25, 0.3) is 0 Å². The highest BCUT2D eigenvalue weighted by atomic mass is 16.5. The van der Waals surface area contributed by atoms with Gasteiger partial charge in [-0.15, -0.1) is 0 Å². The summed E-state index contributed by atoms with van der Waals surface area (Å²) in [7, 11) is 5.63. The third-order valence-electron chi connectivity index (χ3n) is 4.75. The molecule has 2 N–H and O–H groups in total. The minimum Gasteiger partial charge on any atom is -0.497 e. The Morgan fingerprint density at radius 3 is 2.13 bits per heavy atom. The van der Waals surface area contributed by atoms with E-state index in [1.54, 1.807) is 55.6 Å². The molecule has 2 amide bonds. The molecule has 0 fully saturated rings. The summed E-state index contributed by atoms with van der Waals surface area (Å²) in [6.07, 6.45) is 0. The predicted octanol–water partition coefficient (Wildman–Crippen LogP) is 3.94. The fourth-order valence-electron chi connectivity index (χ4n) is 3.13. The summed E-state index contributed by atoms with van der Waals surface area (Å²) >= 11 is 0. The Hall–Kier alpha value is -3.64. The lowest BCUT2D eigenvalue weighted by molar-refractivity contribution is 0.0952. The smallest absolute Gasteiger partial charge is 0.255 e. The Labute approximate surface area is 182 Å². The van der Waals surface area contributed by atoms with Crippen molar-refractivity contribution < 1.29 is 14.3 Å². The Balaban J connectivity index is 1.64. The molecule has 0 aliphatic carbocycles. The first-order valence-electron chi connectivity index (χ1n) is 10.0. The van der Waals surface area contributed by atoms with Gasteiger partial charge in [0.05, 0.1) is 18.4 Å². The van der Waals surface area contributed by atoms with Gasteiger partial charge in [-0.1, -0.05) is 36.4 Å². The van der Waals surface area contributed by atoms with Crippen LogP contribution in [0.3, 0.4) is 0 Å². The van der Waals surface area contributed by atoms with Crippen molar-refractivity contribution in [3.63, 3.8) is 0 Å². The number of nitrogens with zero attached hydrogens (tertiary/aromatic N) is 1. The number of hydrogen-bond acceptors (Lipinski definition) is 4. The summed E-state index contributed by atoms with van der Waals surface area (Å²) in [5.74, 6) is 0.133. The molecule has 0 bridgehead atoms. The second-order valence-corrected chi connectivity index (χ2v) is 7.47. The van der Waals surface area contributed by atoms with Crippen molar-refractivity contribution in [3.05, 3.63) is 95.1 Å². The average molecular weight is 418 g/mol. The van der Waals surface area contributed by atoms with Crippen LogP contribution in [-0.4, -0.2) is 37.9 Å². The van der Waals surface area contributed by atoms with Crippen molar-refractivity contribution in [2.24, 2.45) is 0 Å². The number of methoxy groups -OCH3 is 1. The zero-order valence-electron chi connectivity index (χ0n) is 18.0. The summed E-state index contributed by atoms with van der Waals surface area (Å²) in [4.78, 5) is 27.5. The van der Waals surface area contributed by atoms with Crippen molar-refractivity contribution in [3.8, 4) is 5.75 Å². The largest absolute Gasteiger partial charge is 0.497 e. The van der Waals surface area contributed by atoms with Gasteiger partial charge in [-0.05, 0) is 61.6 Å². The molecule has 160 valence electrons. The van der Waals surface area contributed by atoms with Crippen LogP contribution in [-0.2, 0) is 13.1 Å². The van der Waals surface area contributed by atoms with Crippen molar-refractivity contribution in [1.82, 2.24) is 10.2 Å². The van der Waals surface area contributed by atoms with E-state index in [4.69, 9.17) is 4.74 Å². The molecule has 0 aliphatic heterocycles. The van der Waals surface area contributed by atoms with Crippen LogP contribution in [0.2, 0.25) is 0 Å². The number of hydrogen-bond donors (Lipinski definition) is 2. The quantitative estimate of drug-likeness (QED) is 0.582. The topological polar surface area (TPSA) is 70.7 Å². The molecule has 3 aromatic carbocycles. The van der Waals surface area contributed by atoms with Crippen LogP contribution in [0.15, 0.2) is 72.8 Å². The van der Waals surface area contributed by atoms with E-state index >= 15 is 0 Å². The van der Waals surface area contributed by atoms with Gasteiger partial charge >= 0.3 is 0 Å². The molecule has 0 aromatic heterocycles. The van der Waals surface area contributed by atoms with Gasteiger partial charge in [0.2, 0.25) is 0 Å². The van der Waals surface area contributed by atoms with E-state index in [1.807, 2.05) is 26.2 Å². The van der Waals surface area contributed by atoms with Crippen LogP contribution < -0.4 is 15.4 Å². The minimum absolute atomic E-state index is 0.247. The molecule has 0 unspecified atom stereocenters. The highest BCUT2D eigenvalue weighted by molar-refractivity contribution is 6.09. The second kappa shape index (κ2) is 10.4. The number of rotatable bonds is 8. The van der Waals surface area contributed by atoms with Gasteiger partial charge in [-0.2, -0.15) is 0 Å². The van der Waals surface area contributed by atoms with Gasteiger partial charge in [-0.3, -0.25) is 9.59 Å². The van der Waals surface area contributed by atoms with E-state index in [2.05, 4.69) is 27.7 Å². The van der Waals surface area contributed by atoms with E-state index < -0.39 is 0 Å². The van der Waals surface area contributed by atoms with Crippen LogP contribution in [0, 0.1) is 0 Å². The average Bonchev–Trinajstić information content (AvgIpc) is 2.78.